The van der Waals surface area contributed by atoms with Crippen molar-refractivity contribution in [2.45, 2.75) is 57.3 Å². The molecule has 0 aliphatic carbocycles. The second-order valence-electron chi connectivity index (χ2n) is 6.16. The molecule has 6 nitrogen and oxygen atoms in total. The zero-order valence-electron chi connectivity index (χ0n) is 12.3. The highest BCUT2D eigenvalue weighted by Crippen LogP contribution is 2.37. The minimum atomic E-state index is -0.0782. The van der Waals surface area contributed by atoms with Gasteiger partial charge in [0.15, 0.2) is 5.82 Å². The van der Waals surface area contributed by atoms with Gasteiger partial charge in [-0.1, -0.05) is 13.8 Å². The summed E-state index contributed by atoms with van der Waals surface area (Å²) in [5.41, 5.74) is -0.0782. The van der Waals surface area contributed by atoms with Crippen molar-refractivity contribution in [3.05, 3.63) is 12.2 Å². The normalized spacial score (nSPS) is 30.4. The Morgan fingerprint density at radius 3 is 3.15 bits per heavy atom. The van der Waals surface area contributed by atoms with Gasteiger partial charge in [0.2, 0.25) is 0 Å². The molecule has 2 saturated heterocycles. The molecule has 1 aromatic rings. The number of hydrogen-bond acceptors (Lipinski definition) is 5. The van der Waals surface area contributed by atoms with E-state index in [1.165, 1.54) is 0 Å². The Balaban J connectivity index is 1.63. The highest BCUT2D eigenvalue weighted by atomic mass is 16.6. The van der Waals surface area contributed by atoms with Crippen molar-refractivity contribution in [3.63, 3.8) is 0 Å². The summed E-state index contributed by atoms with van der Waals surface area (Å²) in [4.78, 5) is 4.40. The van der Waals surface area contributed by atoms with Crippen molar-refractivity contribution >= 4 is 0 Å². The van der Waals surface area contributed by atoms with Crippen LogP contribution in [0.15, 0.2) is 6.33 Å². The van der Waals surface area contributed by atoms with Gasteiger partial charge in [-0.3, -0.25) is 0 Å². The lowest BCUT2D eigenvalue weighted by molar-refractivity contribution is -0.0963. The molecular weight excluding hydrogens is 256 g/mol. The van der Waals surface area contributed by atoms with E-state index in [-0.39, 0.29) is 5.60 Å². The number of hydrogen-bond donors (Lipinski definition) is 1. The van der Waals surface area contributed by atoms with Crippen molar-refractivity contribution < 1.29 is 9.47 Å². The molecular formula is C14H24N4O2. The summed E-state index contributed by atoms with van der Waals surface area (Å²) in [6, 6.07) is 0.828. The van der Waals surface area contributed by atoms with Gasteiger partial charge in [-0.2, -0.15) is 5.10 Å². The standard InChI is InChI=1S/C14H24N4O2/c1-11(2)15-8-13-16-10-18(17-13)12-3-5-20-14(7-12)4-6-19-9-14/h10-12,15H,3-9H2,1-2H3. The van der Waals surface area contributed by atoms with E-state index in [1.807, 2.05) is 11.0 Å². The van der Waals surface area contributed by atoms with Gasteiger partial charge in [0.1, 0.15) is 6.33 Å². The van der Waals surface area contributed by atoms with Crippen LogP contribution >= 0.6 is 0 Å². The number of ether oxygens (including phenoxy) is 2. The fourth-order valence-corrected chi connectivity index (χ4v) is 2.95. The molecule has 1 spiro atoms. The van der Waals surface area contributed by atoms with Crippen molar-refractivity contribution in [1.82, 2.24) is 20.1 Å². The van der Waals surface area contributed by atoms with Crippen LogP contribution in [0.4, 0.5) is 0 Å². The maximum atomic E-state index is 5.97. The molecule has 3 heterocycles. The van der Waals surface area contributed by atoms with Gasteiger partial charge in [-0.05, 0) is 6.42 Å². The highest BCUT2D eigenvalue weighted by Gasteiger charge is 2.41. The predicted molar refractivity (Wildman–Crippen MR) is 74.4 cm³/mol. The maximum Gasteiger partial charge on any atom is 0.164 e. The van der Waals surface area contributed by atoms with Crippen molar-refractivity contribution in [3.8, 4) is 0 Å². The van der Waals surface area contributed by atoms with Crippen LogP contribution in [0.2, 0.25) is 0 Å². The van der Waals surface area contributed by atoms with Crippen LogP contribution in [0.1, 0.15) is 45.0 Å². The van der Waals surface area contributed by atoms with E-state index in [9.17, 15) is 0 Å². The van der Waals surface area contributed by atoms with Crippen LogP contribution in [0, 0.1) is 0 Å². The van der Waals surface area contributed by atoms with Crippen LogP contribution in [-0.4, -0.2) is 46.2 Å². The monoisotopic (exact) mass is 280 g/mol. The lowest BCUT2D eigenvalue weighted by atomic mass is 9.90. The summed E-state index contributed by atoms with van der Waals surface area (Å²) in [6.45, 7) is 7.29. The summed E-state index contributed by atoms with van der Waals surface area (Å²) in [7, 11) is 0. The molecule has 20 heavy (non-hydrogen) atoms. The summed E-state index contributed by atoms with van der Waals surface area (Å²) in [5.74, 6) is 0.863. The zero-order valence-corrected chi connectivity index (χ0v) is 12.3. The lowest BCUT2D eigenvalue weighted by Gasteiger charge is -2.36. The van der Waals surface area contributed by atoms with Gasteiger partial charge < -0.3 is 14.8 Å². The van der Waals surface area contributed by atoms with Crippen molar-refractivity contribution in [2.75, 3.05) is 19.8 Å². The lowest BCUT2D eigenvalue weighted by Crippen LogP contribution is -2.41. The first-order chi connectivity index (χ1) is 9.67. The third-order valence-electron chi connectivity index (χ3n) is 4.13. The molecule has 2 atom stereocenters. The Labute approximate surface area is 119 Å². The van der Waals surface area contributed by atoms with Crippen LogP contribution < -0.4 is 5.32 Å². The minimum absolute atomic E-state index is 0.0782. The van der Waals surface area contributed by atoms with Gasteiger partial charge in [0, 0.05) is 32.1 Å². The van der Waals surface area contributed by atoms with E-state index >= 15 is 0 Å². The zero-order chi connectivity index (χ0) is 14.0. The Hall–Kier alpha value is -0.980. The largest absolute Gasteiger partial charge is 0.378 e. The number of nitrogens with zero attached hydrogens (tertiary/aromatic N) is 3. The average molecular weight is 280 g/mol. The van der Waals surface area contributed by atoms with Crippen molar-refractivity contribution in [1.29, 1.82) is 0 Å². The molecule has 1 aromatic heterocycles. The van der Waals surface area contributed by atoms with Crippen LogP contribution in [0.3, 0.4) is 0 Å². The summed E-state index contributed by atoms with van der Waals surface area (Å²) in [5, 5.41) is 7.95. The second kappa shape index (κ2) is 5.79. The molecule has 2 unspecified atom stereocenters. The van der Waals surface area contributed by atoms with E-state index in [0.717, 1.165) is 51.5 Å². The summed E-state index contributed by atoms with van der Waals surface area (Å²) in [6.07, 6.45) is 4.84. The molecule has 6 heteroatoms. The first-order valence-electron chi connectivity index (χ1n) is 7.52. The third kappa shape index (κ3) is 3.02. The fourth-order valence-electron chi connectivity index (χ4n) is 2.95. The van der Waals surface area contributed by atoms with E-state index in [4.69, 9.17) is 9.47 Å². The number of nitrogens with one attached hydrogen (secondary N) is 1. The van der Waals surface area contributed by atoms with Crippen LogP contribution in [0.5, 0.6) is 0 Å². The Morgan fingerprint density at radius 2 is 2.40 bits per heavy atom. The van der Waals surface area contributed by atoms with Gasteiger partial charge in [0.25, 0.3) is 0 Å². The second-order valence-corrected chi connectivity index (χ2v) is 6.16. The van der Waals surface area contributed by atoms with E-state index < -0.39 is 0 Å². The molecule has 0 bridgehead atoms. The first-order valence-corrected chi connectivity index (χ1v) is 7.52. The van der Waals surface area contributed by atoms with Gasteiger partial charge >= 0.3 is 0 Å². The van der Waals surface area contributed by atoms with Gasteiger partial charge in [0.05, 0.1) is 24.8 Å². The van der Waals surface area contributed by atoms with E-state index in [0.29, 0.717) is 12.1 Å². The summed E-state index contributed by atoms with van der Waals surface area (Å²) >= 11 is 0. The predicted octanol–water partition coefficient (Wildman–Crippen LogP) is 1.29. The van der Waals surface area contributed by atoms with E-state index in [2.05, 4.69) is 29.2 Å². The minimum Gasteiger partial charge on any atom is -0.378 e. The molecule has 2 fully saturated rings. The Morgan fingerprint density at radius 1 is 1.50 bits per heavy atom. The smallest absolute Gasteiger partial charge is 0.164 e. The molecule has 0 radical (unpaired) electrons. The van der Waals surface area contributed by atoms with Gasteiger partial charge in [-0.25, -0.2) is 9.67 Å². The molecule has 3 rings (SSSR count). The Kier molecular flexibility index (Phi) is 4.05. The average Bonchev–Trinajstić information content (AvgIpc) is 3.06. The molecule has 0 amide bonds. The molecule has 112 valence electrons. The first kappa shape index (κ1) is 14.0. The molecule has 2 aliphatic heterocycles. The summed E-state index contributed by atoms with van der Waals surface area (Å²) < 4.78 is 13.5. The molecule has 0 saturated carbocycles. The van der Waals surface area contributed by atoms with Crippen LogP contribution in [0.25, 0.3) is 0 Å². The highest BCUT2D eigenvalue weighted by molar-refractivity contribution is 4.93. The van der Waals surface area contributed by atoms with Gasteiger partial charge in [-0.15, -0.1) is 0 Å². The molecule has 1 N–H and O–H groups in total. The topological polar surface area (TPSA) is 61.2 Å². The third-order valence-corrected chi connectivity index (χ3v) is 4.13. The fraction of sp³-hybridized carbons (Fsp3) is 0.857. The SMILES string of the molecule is CC(C)NCc1ncn(C2CCOC3(CCOC3)C2)n1. The number of aromatic nitrogens is 3. The molecule has 0 aromatic carbocycles. The molecule has 2 aliphatic rings. The maximum absolute atomic E-state index is 5.97. The van der Waals surface area contributed by atoms with Crippen molar-refractivity contribution in [2.24, 2.45) is 0 Å². The quantitative estimate of drug-likeness (QED) is 0.900. The Bertz CT molecular complexity index is 440. The number of rotatable bonds is 4. The van der Waals surface area contributed by atoms with Crippen LogP contribution in [-0.2, 0) is 16.0 Å². The van der Waals surface area contributed by atoms with E-state index in [1.54, 1.807) is 0 Å².